The fraction of sp³-hybridized carbons (Fsp3) is 1.00. The van der Waals surface area contributed by atoms with Gasteiger partial charge >= 0.3 is 0 Å². The van der Waals surface area contributed by atoms with E-state index in [-0.39, 0.29) is 0 Å². The van der Waals surface area contributed by atoms with E-state index in [0.29, 0.717) is 5.16 Å². The summed E-state index contributed by atoms with van der Waals surface area (Å²) in [5, 5.41) is 0.565. The second-order valence-electron chi connectivity index (χ2n) is 6.79. The van der Waals surface area contributed by atoms with E-state index in [0.717, 1.165) is 0 Å². The molecule has 0 aliphatic carbocycles. The van der Waals surface area contributed by atoms with Crippen molar-refractivity contribution >= 4 is 9.24 Å². The highest BCUT2D eigenvalue weighted by Crippen LogP contribution is 2.37. The molecule has 0 saturated heterocycles. The van der Waals surface area contributed by atoms with Gasteiger partial charge in [-0.15, -0.1) is 9.24 Å². The second kappa shape index (κ2) is 14.4. The van der Waals surface area contributed by atoms with Crippen molar-refractivity contribution in [3.8, 4) is 0 Å². The van der Waals surface area contributed by atoms with Crippen molar-refractivity contribution in [3.63, 3.8) is 0 Å². The molecule has 0 aliphatic heterocycles. The lowest BCUT2D eigenvalue weighted by Gasteiger charge is -2.30. The zero-order valence-corrected chi connectivity index (χ0v) is 15.8. The maximum absolute atomic E-state index is 3.27. The van der Waals surface area contributed by atoms with Crippen LogP contribution in [0.5, 0.6) is 0 Å². The van der Waals surface area contributed by atoms with Crippen molar-refractivity contribution < 1.29 is 0 Å². The quantitative estimate of drug-likeness (QED) is 0.217. The summed E-state index contributed by atoms with van der Waals surface area (Å²) in [4.78, 5) is 0. The molecule has 1 unspecified atom stereocenters. The lowest BCUT2D eigenvalue weighted by Crippen LogP contribution is -2.20. The fourth-order valence-electron chi connectivity index (χ4n) is 3.09. The van der Waals surface area contributed by atoms with Crippen LogP contribution in [0.2, 0.25) is 0 Å². The molecule has 0 aromatic carbocycles. The number of hydrogen-bond acceptors (Lipinski definition) is 0. The van der Waals surface area contributed by atoms with Crippen LogP contribution < -0.4 is 0 Å². The number of hydrogen-bond donors (Lipinski definition) is 0. The first kappa shape index (κ1) is 20.4. The van der Waals surface area contributed by atoms with Crippen LogP contribution in [0.1, 0.15) is 117 Å². The Kier molecular flexibility index (Phi) is 14.7. The first-order valence-electron chi connectivity index (χ1n) is 9.47. The third kappa shape index (κ3) is 12.2. The number of rotatable bonds is 15. The molecule has 0 aromatic rings. The summed E-state index contributed by atoms with van der Waals surface area (Å²) in [6.45, 7) is 6.93. The van der Waals surface area contributed by atoms with E-state index >= 15 is 0 Å². The molecule has 0 fully saturated rings. The summed E-state index contributed by atoms with van der Waals surface area (Å²) in [6.07, 6.45) is 21.3. The van der Waals surface area contributed by atoms with Crippen LogP contribution in [-0.4, -0.2) is 5.16 Å². The maximum Gasteiger partial charge on any atom is -0.0150 e. The van der Waals surface area contributed by atoms with Crippen LogP contribution in [0.3, 0.4) is 0 Å². The Morgan fingerprint density at radius 2 is 0.800 bits per heavy atom. The average Bonchev–Trinajstić information content (AvgIpc) is 2.45. The zero-order valence-electron chi connectivity index (χ0n) is 14.7. The van der Waals surface area contributed by atoms with E-state index in [1.165, 1.54) is 96.3 Å². The molecule has 1 atom stereocenters. The van der Waals surface area contributed by atoms with E-state index in [4.69, 9.17) is 0 Å². The number of unbranched alkanes of at least 4 members (excludes halogenated alkanes) is 9. The highest BCUT2D eigenvalue weighted by atomic mass is 31.0. The van der Waals surface area contributed by atoms with Gasteiger partial charge in [0.05, 0.1) is 0 Å². The van der Waals surface area contributed by atoms with Crippen molar-refractivity contribution in [3.05, 3.63) is 0 Å². The standard InChI is InChI=1S/C19H41P/c1-4-7-10-13-16-19(20,17-14-11-8-5-2)18-15-12-9-6-3/h4-18,20H2,1-3H3. The van der Waals surface area contributed by atoms with Gasteiger partial charge < -0.3 is 0 Å². The normalized spacial score (nSPS) is 12.0. The third-order valence-electron chi connectivity index (χ3n) is 4.58. The topological polar surface area (TPSA) is 0 Å². The summed E-state index contributed by atoms with van der Waals surface area (Å²) in [5.41, 5.74) is 0. The van der Waals surface area contributed by atoms with Crippen LogP contribution in [0.15, 0.2) is 0 Å². The molecule has 0 aliphatic rings. The van der Waals surface area contributed by atoms with E-state index in [9.17, 15) is 0 Å². The summed E-state index contributed by atoms with van der Waals surface area (Å²) in [7, 11) is 3.27. The Bertz CT molecular complexity index is 157. The van der Waals surface area contributed by atoms with Crippen LogP contribution in [0, 0.1) is 0 Å². The van der Waals surface area contributed by atoms with Crippen molar-refractivity contribution in [2.45, 2.75) is 122 Å². The first-order chi connectivity index (χ1) is 9.68. The van der Waals surface area contributed by atoms with Gasteiger partial charge in [-0.25, -0.2) is 0 Å². The lowest BCUT2D eigenvalue weighted by molar-refractivity contribution is 0.406. The summed E-state index contributed by atoms with van der Waals surface area (Å²) in [6, 6.07) is 0. The third-order valence-corrected chi connectivity index (χ3v) is 5.45. The van der Waals surface area contributed by atoms with Gasteiger partial charge in [0.25, 0.3) is 0 Å². The SMILES string of the molecule is CCCCCCC(P)(CCCCCC)CCCCCC. The smallest absolute Gasteiger partial charge is 0.0150 e. The van der Waals surface area contributed by atoms with Crippen LogP contribution in [0.4, 0.5) is 0 Å². The highest BCUT2D eigenvalue weighted by molar-refractivity contribution is 7.19. The van der Waals surface area contributed by atoms with E-state index in [1.807, 2.05) is 0 Å². The molecule has 0 amide bonds. The van der Waals surface area contributed by atoms with Gasteiger partial charge in [-0.05, 0) is 24.4 Å². The molecule has 122 valence electrons. The van der Waals surface area contributed by atoms with Gasteiger partial charge in [-0.2, -0.15) is 0 Å². The van der Waals surface area contributed by atoms with E-state index < -0.39 is 0 Å². The molecule has 0 N–H and O–H groups in total. The van der Waals surface area contributed by atoms with Gasteiger partial charge in [0.15, 0.2) is 0 Å². The van der Waals surface area contributed by atoms with Gasteiger partial charge in [-0.1, -0.05) is 97.8 Å². The largest absolute Gasteiger partial charge is 0.131 e. The molecule has 0 heterocycles. The molecule has 0 spiro atoms. The van der Waals surface area contributed by atoms with Crippen LogP contribution in [-0.2, 0) is 0 Å². The predicted octanol–water partition coefficient (Wildman–Crippen LogP) is 7.51. The Morgan fingerprint density at radius 3 is 1.05 bits per heavy atom. The minimum absolute atomic E-state index is 0.565. The summed E-state index contributed by atoms with van der Waals surface area (Å²) in [5.74, 6) is 0. The minimum atomic E-state index is 0.565. The molecule has 0 rings (SSSR count). The van der Waals surface area contributed by atoms with Crippen LogP contribution in [0.25, 0.3) is 0 Å². The van der Waals surface area contributed by atoms with Crippen molar-refractivity contribution in [2.75, 3.05) is 0 Å². The van der Waals surface area contributed by atoms with Gasteiger partial charge in [-0.3, -0.25) is 0 Å². The Balaban J connectivity index is 3.98. The van der Waals surface area contributed by atoms with Crippen LogP contribution >= 0.6 is 9.24 Å². The Labute approximate surface area is 132 Å². The van der Waals surface area contributed by atoms with E-state index in [2.05, 4.69) is 30.0 Å². The predicted molar refractivity (Wildman–Crippen MR) is 98.7 cm³/mol. The molecule has 0 bridgehead atoms. The molecule has 0 aromatic heterocycles. The molecule has 0 saturated carbocycles. The van der Waals surface area contributed by atoms with Crippen molar-refractivity contribution in [1.29, 1.82) is 0 Å². The molecule has 0 nitrogen and oxygen atoms in total. The zero-order chi connectivity index (χ0) is 15.1. The molecule has 0 radical (unpaired) electrons. The fourth-order valence-corrected chi connectivity index (χ4v) is 3.70. The van der Waals surface area contributed by atoms with Crippen molar-refractivity contribution in [2.24, 2.45) is 0 Å². The highest BCUT2D eigenvalue weighted by Gasteiger charge is 2.22. The molecule has 1 heteroatoms. The second-order valence-corrected chi connectivity index (χ2v) is 8.02. The monoisotopic (exact) mass is 300 g/mol. The van der Waals surface area contributed by atoms with Gasteiger partial charge in [0.1, 0.15) is 0 Å². The van der Waals surface area contributed by atoms with Gasteiger partial charge in [0, 0.05) is 0 Å². The van der Waals surface area contributed by atoms with E-state index in [1.54, 1.807) is 0 Å². The first-order valence-corrected chi connectivity index (χ1v) is 10.0. The Morgan fingerprint density at radius 1 is 0.500 bits per heavy atom. The molecule has 20 heavy (non-hydrogen) atoms. The molecular weight excluding hydrogens is 259 g/mol. The lowest BCUT2D eigenvalue weighted by atomic mass is 9.88. The Hall–Kier alpha value is 0.430. The minimum Gasteiger partial charge on any atom is -0.131 e. The molecular formula is C19H41P. The summed E-state index contributed by atoms with van der Waals surface area (Å²) < 4.78 is 0. The average molecular weight is 301 g/mol. The van der Waals surface area contributed by atoms with Crippen molar-refractivity contribution in [1.82, 2.24) is 0 Å². The summed E-state index contributed by atoms with van der Waals surface area (Å²) >= 11 is 0. The van der Waals surface area contributed by atoms with Gasteiger partial charge in [0.2, 0.25) is 0 Å². The maximum atomic E-state index is 3.27.